The fourth-order valence-corrected chi connectivity index (χ4v) is 4.23. The number of anilines is 2. The van der Waals surface area contributed by atoms with Crippen LogP contribution in [0.2, 0.25) is 0 Å². The highest BCUT2D eigenvalue weighted by Gasteiger charge is 2.47. The molecule has 1 unspecified atom stereocenters. The molecule has 186 valence electrons. The Balaban J connectivity index is 1.73. The molecule has 0 saturated carbocycles. The van der Waals surface area contributed by atoms with Crippen molar-refractivity contribution < 1.29 is 19.4 Å². The molecule has 2 aromatic carbocycles. The van der Waals surface area contributed by atoms with Gasteiger partial charge in [-0.15, -0.1) is 0 Å². The van der Waals surface area contributed by atoms with E-state index < -0.39 is 17.7 Å². The average molecular weight is 486 g/mol. The van der Waals surface area contributed by atoms with Crippen LogP contribution in [0.5, 0.6) is 5.75 Å². The van der Waals surface area contributed by atoms with Crippen LogP contribution in [-0.4, -0.2) is 42.5 Å². The lowest BCUT2D eigenvalue weighted by atomic mass is 9.98. The largest absolute Gasteiger partial charge is 0.507 e. The van der Waals surface area contributed by atoms with Crippen LogP contribution in [0, 0.1) is 0 Å². The smallest absolute Gasteiger partial charge is 0.300 e. The van der Waals surface area contributed by atoms with Crippen LogP contribution in [0.15, 0.2) is 78.5 Å². The topological polar surface area (TPSA) is 83.0 Å². The number of aromatic nitrogens is 1. The number of hydrogen-bond donors (Lipinski definition) is 1. The first-order valence-electron chi connectivity index (χ1n) is 12.1. The van der Waals surface area contributed by atoms with Crippen LogP contribution >= 0.6 is 0 Å². The number of hydrogen-bond acceptors (Lipinski definition) is 6. The van der Waals surface area contributed by atoms with E-state index in [0.717, 1.165) is 24.9 Å². The number of nitrogens with zero attached hydrogens (tertiary/aromatic N) is 3. The number of rotatable bonds is 9. The van der Waals surface area contributed by atoms with Crippen molar-refractivity contribution in [3.8, 4) is 5.75 Å². The molecule has 7 nitrogen and oxygen atoms in total. The van der Waals surface area contributed by atoms with Crippen molar-refractivity contribution in [1.82, 2.24) is 4.98 Å². The molecule has 0 aliphatic carbocycles. The minimum atomic E-state index is -0.860. The van der Waals surface area contributed by atoms with Crippen molar-refractivity contribution in [2.75, 3.05) is 30.5 Å². The molecule has 3 aromatic rings. The second-order valence-corrected chi connectivity index (χ2v) is 8.91. The van der Waals surface area contributed by atoms with Gasteiger partial charge in [-0.1, -0.05) is 25.8 Å². The number of aliphatic hydroxyl groups excluding tert-OH is 1. The summed E-state index contributed by atoms with van der Waals surface area (Å²) < 4.78 is 5.76. The summed E-state index contributed by atoms with van der Waals surface area (Å²) >= 11 is 0. The highest BCUT2D eigenvalue weighted by molar-refractivity contribution is 6.51. The van der Waals surface area contributed by atoms with Gasteiger partial charge in [-0.05, 0) is 67.1 Å². The molecular formula is C29H31N3O4. The highest BCUT2D eigenvalue weighted by atomic mass is 16.5. The molecule has 0 spiro atoms. The minimum Gasteiger partial charge on any atom is -0.507 e. The SMILES string of the molecule is CCCCCOc1ccc(/C(O)=C2/C(=O)C(=O)N(c3ccc(N(C)C)cc3)C2c2ccccn2)cc1. The van der Waals surface area contributed by atoms with E-state index in [1.54, 1.807) is 60.8 Å². The van der Waals surface area contributed by atoms with Crippen molar-refractivity contribution in [2.24, 2.45) is 0 Å². The Kier molecular flexibility index (Phi) is 7.68. The van der Waals surface area contributed by atoms with E-state index in [1.807, 2.05) is 31.1 Å². The zero-order valence-corrected chi connectivity index (χ0v) is 20.8. The number of carbonyl (C=O) groups is 2. The Morgan fingerprint density at radius 3 is 2.33 bits per heavy atom. The van der Waals surface area contributed by atoms with Crippen molar-refractivity contribution in [2.45, 2.75) is 32.2 Å². The molecular weight excluding hydrogens is 454 g/mol. The van der Waals surface area contributed by atoms with Crippen LogP contribution < -0.4 is 14.5 Å². The van der Waals surface area contributed by atoms with Crippen LogP contribution in [0.1, 0.15) is 43.5 Å². The molecule has 1 aliphatic rings. The average Bonchev–Trinajstić information content (AvgIpc) is 3.17. The summed E-state index contributed by atoms with van der Waals surface area (Å²) in [6, 6.07) is 18.7. The van der Waals surface area contributed by atoms with Gasteiger partial charge in [0.25, 0.3) is 11.7 Å². The van der Waals surface area contributed by atoms with Crippen molar-refractivity contribution >= 4 is 28.8 Å². The molecule has 1 fully saturated rings. The summed E-state index contributed by atoms with van der Waals surface area (Å²) in [5.74, 6) is -1.01. The Hall–Kier alpha value is -4.13. The van der Waals surface area contributed by atoms with E-state index in [0.29, 0.717) is 29.3 Å². The molecule has 1 aliphatic heterocycles. The number of benzene rings is 2. The van der Waals surface area contributed by atoms with Gasteiger partial charge in [0.05, 0.1) is 17.9 Å². The van der Waals surface area contributed by atoms with E-state index in [-0.39, 0.29) is 11.3 Å². The van der Waals surface area contributed by atoms with E-state index in [2.05, 4.69) is 11.9 Å². The number of Topliss-reactive ketones (excluding diaryl/α,β-unsaturated/α-hetero) is 1. The van der Waals surface area contributed by atoms with Crippen LogP contribution in [0.25, 0.3) is 5.76 Å². The maximum absolute atomic E-state index is 13.3. The lowest BCUT2D eigenvalue weighted by Crippen LogP contribution is -2.29. The first-order valence-corrected chi connectivity index (χ1v) is 12.1. The number of unbranched alkanes of at least 4 members (excludes halogenated alkanes) is 2. The van der Waals surface area contributed by atoms with Gasteiger partial charge in [0, 0.05) is 37.2 Å². The first-order chi connectivity index (χ1) is 17.4. The normalized spacial score (nSPS) is 16.9. The lowest BCUT2D eigenvalue weighted by molar-refractivity contribution is -0.132. The third kappa shape index (κ3) is 5.10. The van der Waals surface area contributed by atoms with Crippen molar-refractivity contribution in [3.05, 3.63) is 89.8 Å². The summed E-state index contributed by atoms with van der Waals surface area (Å²) in [7, 11) is 3.85. The Labute approximate surface area is 211 Å². The zero-order chi connectivity index (χ0) is 25.7. The first kappa shape index (κ1) is 25.0. The molecule has 0 bridgehead atoms. The van der Waals surface area contributed by atoms with Gasteiger partial charge < -0.3 is 14.7 Å². The monoisotopic (exact) mass is 485 g/mol. The zero-order valence-electron chi connectivity index (χ0n) is 20.8. The molecule has 0 radical (unpaired) electrons. The lowest BCUT2D eigenvalue weighted by Gasteiger charge is -2.25. The third-order valence-electron chi connectivity index (χ3n) is 6.20. The second kappa shape index (κ2) is 11.1. The number of aliphatic hydroxyl groups is 1. The summed E-state index contributed by atoms with van der Waals surface area (Å²) in [5.41, 5.74) is 2.44. The number of pyridine rings is 1. The minimum absolute atomic E-state index is 0.00648. The van der Waals surface area contributed by atoms with Crippen LogP contribution in [-0.2, 0) is 9.59 Å². The van der Waals surface area contributed by atoms with Gasteiger partial charge in [0.15, 0.2) is 0 Å². The fraction of sp³-hybridized carbons (Fsp3) is 0.276. The van der Waals surface area contributed by atoms with E-state index in [4.69, 9.17) is 4.74 Å². The van der Waals surface area contributed by atoms with Gasteiger partial charge in [-0.2, -0.15) is 0 Å². The molecule has 1 aromatic heterocycles. The summed E-state index contributed by atoms with van der Waals surface area (Å²) in [4.78, 5) is 34.3. The van der Waals surface area contributed by atoms with Crippen molar-refractivity contribution in [3.63, 3.8) is 0 Å². The summed E-state index contributed by atoms with van der Waals surface area (Å²) in [5, 5.41) is 11.3. The maximum Gasteiger partial charge on any atom is 0.300 e. The third-order valence-corrected chi connectivity index (χ3v) is 6.20. The van der Waals surface area contributed by atoms with Crippen LogP contribution in [0.3, 0.4) is 0 Å². The molecule has 1 atom stereocenters. The molecule has 36 heavy (non-hydrogen) atoms. The van der Waals surface area contributed by atoms with Gasteiger partial charge in [-0.3, -0.25) is 19.5 Å². The molecule has 4 rings (SSSR count). The standard InChI is InChI=1S/C29H31N3O4/c1-4-5-8-19-36-23-16-10-20(11-17-23)27(33)25-26(24-9-6-7-18-30-24)32(29(35)28(25)34)22-14-12-21(13-15-22)31(2)3/h6-7,9-18,26,33H,4-5,8,19H2,1-3H3/b27-25-. The molecule has 7 heteroatoms. The molecule has 1 saturated heterocycles. The highest BCUT2D eigenvalue weighted by Crippen LogP contribution is 2.41. The molecule has 2 heterocycles. The second-order valence-electron chi connectivity index (χ2n) is 8.91. The Morgan fingerprint density at radius 2 is 1.72 bits per heavy atom. The van der Waals surface area contributed by atoms with Gasteiger partial charge in [0.2, 0.25) is 0 Å². The Morgan fingerprint density at radius 1 is 1.00 bits per heavy atom. The van der Waals surface area contributed by atoms with E-state index in [9.17, 15) is 14.7 Å². The fourth-order valence-electron chi connectivity index (χ4n) is 4.23. The van der Waals surface area contributed by atoms with E-state index in [1.165, 1.54) is 4.90 Å². The van der Waals surface area contributed by atoms with Gasteiger partial charge in [-0.25, -0.2) is 0 Å². The summed E-state index contributed by atoms with van der Waals surface area (Å²) in [6.45, 7) is 2.76. The van der Waals surface area contributed by atoms with Crippen LogP contribution in [0.4, 0.5) is 11.4 Å². The van der Waals surface area contributed by atoms with Gasteiger partial charge >= 0.3 is 0 Å². The molecule has 1 amide bonds. The van der Waals surface area contributed by atoms with Gasteiger partial charge in [0.1, 0.15) is 17.6 Å². The number of ether oxygens (including phenoxy) is 1. The predicted octanol–water partition coefficient (Wildman–Crippen LogP) is 5.34. The number of amides is 1. The predicted molar refractivity (Wildman–Crippen MR) is 141 cm³/mol. The quantitative estimate of drug-likeness (QED) is 0.191. The van der Waals surface area contributed by atoms with E-state index >= 15 is 0 Å². The molecule has 1 N–H and O–H groups in total. The number of ketones is 1. The maximum atomic E-state index is 13.3. The van der Waals surface area contributed by atoms with Crippen molar-refractivity contribution in [1.29, 1.82) is 0 Å². The number of carbonyl (C=O) groups excluding carboxylic acids is 2. The Bertz CT molecular complexity index is 1240. The summed E-state index contributed by atoms with van der Waals surface area (Å²) in [6.07, 6.45) is 4.80.